The molecule has 2 N–H and O–H groups in total. The first-order chi connectivity index (χ1) is 13.2. The quantitative estimate of drug-likeness (QED) is 0.739. The maximum Gasteiger partial charge on any atom is 0.348 e. The minimum atomic E-state index is -1.06. The van der Waals surface area contributed by atoms with Gasteiger partial charge in [-0.3, -0.25) is 4.79 Å². The summed E-state index contributed by atoms with van der Waals surface area (Å²) in [6, 6.07) is 1.67. The Bertz CT molecular complexity index is 805. The van der Waals surface area contributed by atoms with Crippen LogP contribution in [0.5, 0.6) is 0 Å². The number of anilines is 1. The second-order valence-corrected chi connectivity index (χ2v) is 9.95. The Morgan fingerprint density at radius 1 is 1.18 bits per heavy atom. The molecule has 2 atom stereocenters. The van der Waals surface area contributed by atoms with Gasteiger partial charge in [0.15, 0.2) is 0 Å². The van der Waals surface area contributed by atoms with Crippen LogP contribution in [-0.4, -0.2) is 34.2 Å². The van der Waals surface area contributed by atoms with Crippen LogP contribution in [-0.2, 0) is 4.79 Å². The summed E-state index contributed by atoms with van der Waals surface area (Å²) in [5.41, 5.74) is 0.199. The van der Waals surface area contributed by atoms with Crippen LogP contribution in [0.4, 0.5) is 5.69 Å². The lowest BCUT2D eigenvalue weighted by atomic mass is 9.79. The van der Waals surface area contributed by atoms with Crippen LogP contribution < -0.4 is 4.90 Å². The maximum atomic E-state index is 12.9. The highest BCUT2D eigenvalue weighted by Crippen LogP contribution is 2.40. The number of thiophene rings is 1. The van der Waals surface area contributed by atoms with Crippen LogP contribution in [0.25, 0.3) is 0 Å². The molecular formula is C22H29NO4S. The van der Waals surface area contributed by atoms with Gasteiger partial charge in [-0.2, -0.15) is 0 Å². The molecule has 2 fully saturated rings. The van der Waals surface area contributed by atoms with Crippen molar-refractivity contribution in [1.29, 1.82) is 0 Å². The highest BCUT2D eigenvalue weighted by molar-refractivity contribution is 7.15. The molecule has 0 bridgehead atoms. The Labute approximate surface area is 170 Å². The summed E-state index contributed by atoms with van der Waals surface area (Å²) >= 11 is 1.11. The van der Waals surface area contributed by atoms with Crippen molar-refractivity contribution in [2.75, 3.05) is 4.90 Å². The number of carboxylic acid groups (broad SMARTS) is 1. The number of carboxylic acids is 1. The molecule has 1 aromatic rings. The van der Waals surface area contributed by atoms with Crippen LogP contribution >= 0.6 is 11.3 Å². The number of nitrogens with zero attached hydrogens (tertiary/aromatic N) is 1. The monoisotopic (exact) mass is 403 g/mol. The average Bonchev–Trinajstić information content (AvgIpc) is 3.06. The fourth-order valence-electron chi connectivity index (χ4n) is 4.19. The summed E-state index contributed by atoms with van der Waals surface area (Å²) in [6.07, 6.45) is 5.68. The van der Waals surface area contributed by atoms with E-state index in [9.17, 15) is 19.8 Å². The lowest BCUT2D eigenvalue weighted by Crippen LogP contribution is -2.54. The Morgan fingerprint density at radius 2 is 1.86 bits per heavy atom. The number of piperidine rings is 1. The number of hydrogen-bond donors (Lipinski definition) is 2. The Morgan fingerprint density at radius 3 is 2.46 bits per heavy atom. The van der Waals surface area contributed by atoms with Crippen molar-refractivity contribution in [2.24, 2.45) is 11.3 Å². The number of aliphatic hydroxyl groups excluding tert-OH is 1. The SMILES string of the molecule is CC(C)(C)C#Cc1cc(N2C(=O)[C@H](O)CCC2C2CCCCC2)c(C(=O)O)s1. The van der Waals surface area contributed by atoms with E-state index < -0.39 is 12.1 Å². The fraction of sp³-hybridized carbons (Fsp3) is 0.636. The smallest absolute Gasteiger partial charge is 0.348 e. The van der Waals surface area contributed by atoms with E-state index in [4.69, 9.17) is 0 Å². The van der Waals surface area contributed by atoms with E-state index in [-0.39, 0.29) is 22.2 Å². The number of aliphatic hydroxyl groups is 1. The molecule has 5 nitrogen and oxygen atoms in total. The van der Waals surface area contributed by atoms with Gasteiger partial charge >= 0.3 is 5.97 Å². The highest BCUT2D eigenvalue weighted by atomic mass is 32.1. The van der Waals surface area contributed by atoms with Crippen molar-refractivity contribution >= 4 is 28.9 Å². The number of aromatic carboxylic acids is 1. The summed E-state index contributed by atoms with van der Waals surface area (Å²) in [6.45, 7) is 5.99. The van der Waals surface area contributed by atoms with Gasteiger partial charge in [-0.1, -0.05) is 31.1 Å². The molecule has 1 aliphatic carbocycles. The summed E-state index contributed by atoms with van der Waals surface area (Å²) in [5, 5.41) is 20.0. The van der Waals surface area contributed by atoms with Crippen LogP contribution in [0.1, 0.15) is 80.3 Å². The van der Waals surface area contributed by atoms with Gasteiger partial charge in [-0.25, -0.2) is 4.79 Å². The van der Waals surface area contributed by atoms with Crippen LogP contribution in [0.15, 0.2) is 6.07 Å². The van der Waals surface area contributed by atoms with Crippen molar-refractivity contribution in [3.8, 4) is 11.8 Å². The van der Waals surface area contributed by atoms with E-state index in [1.165, 1.54) is 6.42 Å². The second-order valence-electron chi connectivity index (χ2n) is 8.90. The third-order valence-corrected chi connectivity index (χ3v) is 6.54. The van der Waals surface area contributed by atoms with Gasteiger partial charge in [0.05, 0.1) is 10.6 Å². The lowest BCUT2D eigenvalue weighted by Gasteiger charge is -2.43. The lowest BCUT2D eigenvalue weighted by molar-refractivity contribution is -0.129. The zero-order chi connectivity index (χ0) is 20.5. The zero-order valence-corrected chi connectivity index (χ0v) is 17.6. The zero-order valence-electron chi connectivity index (χ0n) is 16.8. The molecule has 1 saturated carbocycles. The third kappa shape index (κ3) is 4.59. The molecule has 2 aliphatic rings. The normalized spacial score (nSPS) is 24.0. The van der Waals surface area contributed by atoms with Gasteiger partial charge in [0, 0.05) is 11.5 Å². The minimum Gasteiger partial charge on any atom is -0.477 e. The molecule has 0 radical (unpaired) electrons. The van der Waals surface area contributed by atoms with Crippen molar-refractivity contribution in [3.05, 3.63) is 15.8 Å². The van der Waals surface area contributed by atoms with Gasteiger partial charge < -0.3 is 15.1 Å². The second kappa shape index (κ2) is 8.26. The molecule has 1 aromatic heterocycles. The molecule has 2 heterocycles. The topological polar surface area (TPSA) is 77.8 Å². The average molecular weight is 404 g/mol. The Kier molecular flexibility index (Phi) is 6.16. The molecule has 6 heteroatoms. The molecule has 152 valence electrons. The van der Waals surface area contributed by atoms with E-state index >= 15 is 0 Å². The molecule has 3 rings (SSSR count). The van der Waals surface area contributed by atoms with E-state index in [1.54, 1.807) is 11.0 Å². The number of amides is 1. The number of carbonyl (C=O) groups is 2. The predicted octanol–water partition coefficient (Wildman–Crippen LogP) is 4.28. The summed E-state index contributed by atoms with van der Waals surface area (Å²) in [4.78, 5) is 27.2. The van der Waals surface area contributed by atoms with Gasteiger partial charge in [-0.05, 0) is 58.4 Å². The Hall–Kier alpha value is -1.84. The Balaban J connectivity index is 2.02. The van der Waals surface area contributed by atoms with Crippen molar-refractivity contribution in [1.82, 2.24) is 0 Å². The number of hydrogen-bond acceptors (Lipinski definition) is 4. The first-order valence-corrected chi connectivity index (χ1v) is 10.9. The number of carbonyl (C=O) groups excluding carboxylic acids is 1. The molecule has 1 saturated heterocycles. The van der Waals surface area contributed by atoms with E-state index in [2.05, 4.69) is 11.8 Å². The molecule has 28 heavy (non-hydrogen) atoms. The largest absolute Gasteiger partial charge is 0.477 e. The molecule has 0 aromatic carbocycles. The van der Waals surface area contributed by atoms with E-state index in [1.807, 2.05) is 20.8 Å². The van der Waals surface area contributed by atoms with E-state index in [0.29, 0.717) is 29.3 Å². The summed E-state index contributed by atoms with van der Waals surface area (Å²) < 4.78 is 0. The summed E-state index contributed by atoms with van der Waals surface area (Å²) in [5.74, 6) is 5.12. The standard InChI is InChI=1S/C22H29NO4S/c1-22(2,3)12-11-15-13-17(19(28-15)21(26)27)23-16(9-10-18(24)20(23)25)14-7-5-4-6-8-14/h13-14,16,18,24H,4-10H2,1-3H3,(H,26,27)/t16?,18-/m1/s1. The van der Waals surface area contributed by atoms with E-state index in [0.717, 1.165) is 37.0 Å². The van der Waals surface area contributed by atoms with Crippen LogP contribution in [0.3, 0.4) is 0 Å². The van der Waals surface area contributed by atoms with Crippen molar-refractivity contribution in [3.63, 3.8) is 0 Å². The van der Waals surface area contributed by atoms with Crippen molar-refractivity contribution in [2.45, 2.75) is 77.9 Å². The molecular weight excluding hydrogens is 374 g/mol. The minimum absolute atomic E-state index is 0.0488. The predicted molar refractivity (Wildman–Crippen MR) is 111 cm³/mol. The number of rotatable bonds is 3. The molecule has 1 amide bonds. The fourth-order valence-corrected chi connectivity index (χ4v) is 5.03. The molecule has 1 aliphatic heterocycles. The van der Waals surface area contributed by atoms with Gasteiger partial charge in [0.1, 0.15) is 11.0 Å². The first kappa shape index (κ1) is 20.9. The van der Waals surface area contributed by atoms with Crippen molar-refractivity contribution < 1.29 is 19.8 Å². The molecule has 0 spiro atoms. The summed E-state index contributed by atoms with van der Waals surface area (Å²) in [7, 11) is 0. The molecule has 1 unspecified atom stereocenters. The first-order valence-electron chi connectivity index (χ1n) is 10.1. The van der Waals surface area contributed by atoms with Crippen LogP contribution in [0.2, 0.25) is 0 Å². The third-order valence-electron chi connectivity index (χ3n) is 5.51. The van der Waals surface area contributed by atoms with Gasteiger partial charge in [0.25, 0.3) is 5.91 Å². The highest BCUT2D eigenvalue weighted by Gasteiger charge is 2.41. The van der Waals surface area contributed by atoms with Gasteiger partial charge in [0.2, 0.25) is 0 Å². The maximum absolute atomic E-state index is 12.9. The van der Waals surface area contributed by atoms with Gasteiger partial charge in [-0.15, -0.1) is 11.3 Å². The van der Waals surface area contributed by atoms with Crippen LogP contribution in [0, 0.1) is 23.2 Å².